The van der Waals surface area contributed by atoms with Crippen molar-refractivity contribution in [3.05, 3.63) is 59.7 Å². The molecule has 1 aliphatic rings. The van der Waals surface area contributed by atoms with Crippen molar-refractivity contribution in [1.29, 1.82) is 0 Å². The Labute approximate surface area is 156 Å². The van der Waals surface area contributed by atoms with Crippen LogP contribution < -0.4 is 15.5 Å². The molecule has 5 nitrogen and oxygen atoms in total. The first-order valence-electron chi connectivity index (χ1n) is 9.33. The molecule has 0 saturated carbocycles. The third-order valence-electron chi connectivity index (χ3n) is 5.01. The number of para-hydroxylation sites is 2. The second kappa shape index (κ2) is 8.72. The molecular weight excluding hydrogens is 324 g/mol. The number of nitrogens with one attached hydrogen (secondary N) is 2. The van der Waals surface area contributed by atoms with Crippen LogP contribution in [0.25, 0.3) is 0 Å². The molecule has 2 aromatic carbocycles. The van der Waals surface area contributed by atoms with E-state index in [0.29, 0.717) is 6.54 Å². The molecule has 0 radical (unpaired) electrons. The lowest BCUT2D eigenvalue weighted by Gasteiger charge is -2.36. The van der Waals surface area contributed by atoms with Crippen molar-refractivity contribution in [2.45, 2.75) is 20.4 Å². The van der Waals surface area contributed by atoms with Gasteiger partial charge >= 0.3 is 6.03 Å². The minimum absolute atomic E-state index is 0.173. The Morgan fingerprint density at radius 1 is 1.00 bits per heavy atom. The van der Waals surface area contributed by atoms with E-state index in [4.69, 9.17) is 0 Å². The van der Waals surface area contributed by atoms with Crippen molar-refractivity contribution >= 4 is 17.4 Å². The number of piperazine rings is 1. The quantitative estimate of drug-likeness (QED) is 0.866. The first-order chi connectivity index (χ1) is 12.7. The van der Waals surface area contributed by atoms with Gasteiger partial charge in [0.2, 0.25) is 0 Å². The number of aryl methyl sites for hydroxylation is 1. The molecule has 1 aliphatic heterocycles. The predicted octanol–water partition coefficient (Wildman–Crippen LogP) is 3.46. The van der Waals surface area contributed by atoms with E-state index in [0.717, 1.165) is 49.7 Å². The monoisotopic (exact) mass is 352 g/mol. The Bertz CT molecular complexity index is 738. The number of rotatable bonds is 5. The molecule has 0 aliphatic carbocycles. The van der Waals surface area contributed by atoms with E-state index >= 15 is 0 Å². The highest BCUT2D eigenvalue weighted by Crippen LogP contribution is 2.26. The largest absolute Gasteiger partial charge is 0.367 e. The number of hydrogen-bond donors (Lipinski definition) is 2. The summed E-state index contributed by atoms with van der Waals surface area (Å²) >= 11 is 0. The van der Waals surface area contributed by atoms with Crippen LogP contribution in [-0.4, -0.2) is 43.7 Å². The smallest absolute Gasteiger partial charge is 0.319 e. The average Bonchev–Trinajstić information content (AvgIpc) is 2.68. The SMILES string of the molecule is CCN1CCN(c2ccccc2NC(=O)NCc2ccccc2C)CC1. The number of nitrogens with zero attached hydrogens (tertiary/aromatic N) is 2. The first-order valence-corrected chi connectivity index (χ1v) is 9.33. The number of carbonyl (C=O) groups excluding carboxylic acids is 1. The normalized spacial score (nSPS) is 14.9. The summed E-state index contributed by atoms with van der Waals surface area (Å²) in [6.07, 6.45) is 0. The highest BCUT2D eigenvalue weighted by molar-refractivity contribution is 5.93. The zero-order valence-electron chi connectivity index (χ0n) is 15.7. The Kier molecular flexibility index (Phi) is 6.12. The first kappa shape index (κ1) is 18.3. The summed E-state index contributed by atoms with van der Waals surface area (Å²) in [5, 5.41) is 5.98. The van der Waals surface area contributed by atoms with Gasteiger partial charge in [-0.3, -0.25) is 0 Å². The molecule has 0 unspecified atom stereocenters. The second-order valence-corrected chi connectivity index (χ2v) is 6.67. The lowest BCUT2D eigenvalue weighted by Crippen LogP contribution is -2.46. The summed E-state index contributed by atoms with van der Waals surface area (Å²) in [4.78, 5) is 17.2. The summed E-state index contributed by atoms with van der Waals surface area (Å²) in [6, 6.07) is 16.0. The maximum atomic E-state index is 12.4. The van der Waals surface area contributed by atoms with Gasteiger partial charge < -0.3 is 20.4 Å². The molecule has 3 rings (SSSR count). The molecular formula is C21H28N4O. The summed E-state index contributed by atoms with van der Waals surface area (Å²) in [7, 11) is 0. The number of anilines is 2. The molecule has 138 valence electrons. The lowest BCUT2D eigenvalue weighted by atomic mass is 10.1. The van der Waals surface area contributed by atoms with Crippen LogP contribution in [0.3, 0.4) is 0 Å². The van der Waals surface area contributed by atoms with Gasteiger partial charge in [-0.2, -0.15) is 0 Å². The summed E-state index contributed by atoms with van der Waals surface area (Å²) < 4.78 is 0. The number of hydrogen-bond acceptors (Lipinski definition) is 3. The number of amides is 2. The van der Waals surface area contributed by atoms with E-state index in [1.807, 2.05) is 36.4 Å². The zero-order chi connectivity index (χ0) is 18.4. The van der Waals surface area contributed by atoms with Crippen molar-refractivity contribution in [1.82, 2.24) is 10.2 Å². The zero-order valence-corrected chi connectivity index (χ0v) is 15.7. The van der Waals surface area contributed by atoms with Gasteiger partial charge in [0.05, 0.1) is 11.4 Å². The van der Waals surface area contributed by atoms with Gasteiger partial charge in [0.25, 0.3) is 0 Å². The number of likely N-dealkylation sites (N-methyl/N-ethyl adjacent to an activating group) is 1. The number of urea groups is 1. The molecule has 0 atom stereocenters. The minimum Gasteiger partial charge on any atom is -0.367 e. The van der Waals surface area contributed by atoms with Crippen molar-refractivity contribution in [3.63, 3.8) is 0 Å². The van der Waals surface area contributed by atoms with Gasteiger partial charge in [0.1, 0.15) is 0 Å². The van der Waals surface area contributed by atoms with Crippen molar-refractivity contribution in [2.24, 2.45) is 0 Å². The lowest BCUT2D eigenvalue weighted by molar-refractivity contribution is 0.251. The van der Waals surface area contributed by atoms with Crippen LogP contribution in [0.15, 0.2) is 48.5 Å². The fourth-order valence-corrected chi connectivity index (χ4v) is 3.31. The molecule has 1 heterocycles. The van der Waals surface area contributed by atoms with Crippen LogP contribution in [-0.2, 0) is 6.54 Å². The van der Waals surface area contributed by atoms with Crippen molar-refractivity contribution in [3.8, 4) is 0 Å². The fraction of sp³-hybridized carbons (Fsp3) is 0.381. The third kappa shape index (κ3) is 4.55. The van der Waals surface area contributed by atoms with Gasteiger partial charge in [0, 0.05) is 32.7 Å². The van der Waals surface area contributed by atoms with E-state index < -0.39 is 0 Å². The molecule has 2 aromatic rings. The molecule has 1 fully saturated rings. The van der Waals surface area contributed by atoms with Crippen LogP contribution >= 0.6 is 0 Å². The molecule has 1 saturated heterocycles. The van der Waals surface area contributed by atoms with E-state index in [1.54, 1.807) is 0 Å². The van der Waals surface area contributed by atoms with Crippen molar-refractivity contribution < 1.29 is 4.79 Å². The molecule has 5 heteroatoms. The maximum Gasteiger partial charge on any atom is 0.319 e. The van der Waals surface area contributed by atoms with E-state index in [2.05, 4.69) is 46.4 Å². The standard InChI is InChI=1S/C21H28N4O/c1-3-24-12-14-25(15-13-24)20-11-7-6-10-19(20)23-21(26)22-16-18-9-5-4-8-17(18)2/h4-11H,3,12-16H2,1-2H3,(H2,22,23,26). The Morgan fingerprint density at radius 2 is 1.69 bits per heavy atom. The highest BCUT2D eigenvalue weighted by atomic mass is 16.2. The molecule has 2 amide bonds. The van der Waals surface area contributed by atoms with E-state index in [9.17, 15) is 4.79 Å². The Morgan fingerprint density at radius 3 is 2.42 bits per heavy atom. The summed E-state index contributed by atoms with van der Waals surface area (Å²) in [5.74, 6) is 0. The van der Waals surface area contributed by atoms with E-state index in [-0.39, 0.29) is 6.03 Å². The van der Waals surface area contributed by atoms with Gasteiger partial charge in [-0.15, -0.1) is 0 Å². The van der Waals surface area contributed by atoms with Crippen LogP contribution in [0.5, 0.6) is 0 Å². The van der Waals surface area contributed by atoms with Gasteiger partial charge in [-0.1, -0.05) is 43.3 Å². The minimum atomic E-state index is -0.173. The van der Waals surface area contributed by atoms with Crippen molar-refractivity contribution in [2.75, 3.05) is 42.9 Å². The van der Waals surface area contributed by atoms with Gasteiger partial charge in [0.15, 0.2) is 0 Å². The molecule has 0 aromatic heterocycles. The molecule has 0 spiro atoms. The topological polar surface area (TPSA) is 47.6 Å². The Hall–Kier alpha value is -2.53. The van der Waals surface area contributed by atoms with Gasteiger partial charge in [-0.05, 0) is 36.7 Å². The summed E-state index contributed by atoms with van der Waals surface area (Å²) in [5.41, 5.74) is 4.27. The molecule has 0 bridgehead atoms. The van der Waals surface area contributed by atoms with Crippen LogP contribution in [0.4, 0.5) is 16.2 Å². The second-order valence-electron chi connectivity index (χ2n) is 6.67. The number of benzene rings is 2. The Balaban J connectivity index is 1.61. The maximum absolute atomic E-state index is 12.4. The van der Waals surface area contributed by atoms with E-state index in [1.165, 1.54) is 5.56 Å². The van der Waals surface area contributed by atoms with Gasteiger partial charge in [-0.25, -0.2) is 4.79 Å². The van der Waals surface area contributed by atoms with Crippen LogP contribution in [0.2, 0.25) is 0 Å². The third-order valence-corrected chi connectivity index (χ3v) is 5.01. The molecule has 26 heavy (non-hydrogen) atoms. The number of carbonyl (C=O) groups is 1. The van der Waals surface area contributed by atoms with Crippen LogP contribution in [0.1, 0.15) is 18.1 Å². The predicted molar refractivity (Wildman–Crippen MR) is 108 cm³/mol. The van der Waals surface area contributed by atoms with Crippen LogP contribution in [0, 0.1) is 6.92 Å². The highest BCUT2D eigenvalue weighted by Gasteiger charge is 2.18. The molecule has 2 N–H and O–H groups in total. The fourth-order valence-electron chi connectivity index (χ4n) is 3.31. The summed E-state index contributed by atoms with van der Waals surface area (Å²) in [6.45, 7) is 9.96. The average molecular weight is 352 g/mol.